The summed E-state index contributed by atoms with van der Waals surface area (Å²) in [5.74, 6) is 0.404. The minimum absolute atomic E-state index is 0.0297. The Hall–Kier alpha value is -0.510. The molecule has 0 unspecified atom stereocenters. The van der Waals surface area contributed by atoms with Crippen LogP contribution in [-0.4, -0.2) is 18.3 Å². The van der Waals surface area contributed by atoms with E-state index >= 15 is 0 Å². The lowest BCUT2D eigenvalue weighted by Crippen LogP contribution is -1.97. The quantitative estimate of drug-likeness (QED) is 0.486. The molecule has 0 N–H and O–H groups in total. The molecule has 0 aliphatic rings. The molecule has 82 valence electrons. The van der Waals surface area contributed by atoms with Gasteiger partial charge in [-0.25, -0.2) is 0 Å². The smallest absolute Gasteiger partial charge is 0.302 e. The lowest BCUT2D eigenvalue weighted by Gasteiger charge is -1.98. The number of carbonyl (C=O) groups is 1. The van der Waals surface area contributed by atoms with Gasteiger partial charge in [-0.05, 0) is 12.5 Å². The van der Waals surface area contributed by atoms with Crippen LogP contribution in [0.5, 0.6) is 0 Å². The topological polar surface area (TPSA) is 26.3 Å². The van der Waals surface area contributed by atoms with E-state index in [1.54, 1.807) is 0 Å². The third-order valence-corrected chi connectivity index (χ3v) is 2.45. The molecule has 0 aromatic carbocycles. The van der Waals surface area contributed by atoms with Crippen molar-refractivity contribution < 1.29 is 13.9 Å². The Morgan fingerprint density at radius 1 is 1.50 bits per heavy atom. The molecule has 0 amide bonds. The largest absolute Gasteiger partial charge is 0.462 e. The molecule has 0 heterocycles. The summed E-state index contributed by atoms with van der Waals surface area (Å²) in [5, 5.41) is -0.262. The molecule has 4 heteroatoms. The Morgan fingerprint density at radius 2 is 2.21 bits per heavy atom. The van der Waals surface area contributed by atoms with Crippen molar-refractivity contribution in [3.8, 4) is 0 Å². The van der Waals surface area contributed by atoms with E-state index in [9.17, 15) is 9.18 Å². The molecule has 0 bridgehead atoms. The monoisotopic (exact) mass is 220 g/mol. The lowest BCUT2D eigenvalue weighted by molar-refractivity contribution is -0.139. The number of hydrogen-bond acceptors (Lipinski definition) is 3. The summed E-state index contributed by atoms with van der Waals surface area (Å²) in [5.41, 5.74) is 0. The molecule has 0 rings (SSSR count). The second-order valence-corrected chi connectivity index (χ2v) is 3.95. The highest BCUT2D eigenvalue weighted by Gasteiger charge is 1.96. The van der Waals surface area contributed by atoms with Gasteiger partial charge >= 0.3 is 5.97 Å². The van der Waals surface area contributed by atoms with Crippen LogP contribution in [0.25, 0.3) is 0 Å². The van der Waals surface area contributed by atoms with Gasteiger partial charge in [0.05, 0.1) is 0 Å². The molecule has 0 saturated carbocycles. The zero-order valence-corrected chi connectivity index (χ0v) is 9.53. The van der Waals surface area contributed by atoms with Crippen LogP contribution in [0.2, 0.25) is 0 Å². The molecule has 0 spiro atoms. The van der Waals surface area contributed by atoms with Crippen molar-refractivity contribution in [3.05, 3.63) is 11.2 Å². The fourth-order valence-electron chi connectivity index (χ4n) is 0.805. The molecule has 0 aliphatic carbocycles. The summed E-state index contributed by atoms with van der Waals surface area (Å²) in [6, 6.07) is 0. The van der Waals surface area contributed by atoms with Crippen LogP contribution in [0.1, 0.15) is 33.1 Å². The van der Waals surface area contributed by atoms with E-state index in [0.717, 1.165) is 25.0 Å². The third-order valence-electron chi connectivity index (χ3n) is 1.52. The van der Waals surface area contributed by atoms with Crippen LogP contribution in [0.3, 0.4) is 0 Å². The second kappa shape index (κ2) is 9.06. The number of halogens is 1. The molecule has 0 atom stereocenters. The summed E-state index contributed by atoms with van der Waals surface area (Å²) in [7, 11) is 0. The van der Waals surface area contributed by atoms with Crippen LogP contribution in [0, 0.1) is 0 Å². The van der Waals surface area contributed by atoms with Crippen LogP contribution in [0.4, 0.5) is 4.39 Å². The van der Waals surface area contributed by atoms with E-state index in [0.29, 0.717) is 0 Å². The number of ether oxygens (including phenoxy) is 1. The van der Waals surface area contributed by atoms with Gasteiger partial charge in [-0.3, -0.25) is 4.79 Å². The first kappa shape index (κ1) is 13.5. The first-order valence-corrected chi connectivity index (χ1v) is 5.77. The second-order valence-electron chi connectivity index (χ2n) is 2.87. The molecule has 0 aromatic heterocycles. The molecular weight excluding hydrogens is 203 g/mol. The summed E-state index contributed by atoms with van der Waals surface area (Å²) >= 11 is 1.17. The zero-order valence-electron chi connectivity index (χ0n) is 8.72. The lowest BCUT2D eigenvalue weighted by atomic mass is 10.3. The van der Waals surface area contributed by atoms with Gasteiger partial charge in [-0.15, -0.1) is 0 Å². The summed E-state index contributed by atoms with van der Waals surface area (Å²) in [4.78, 5) is 10.3. The zero-order chi connectivity index (χ0) is 10.8. The standard InChI is InChI=1S/C10H17FO2S/c1-3-4-5-8-14-10(11)6-7-13-9(2)12/h6H,3-5,7-8H2,1-2H3/b10-6-. The van der Waals surface area contributed by atoms with Crippen molar-refractivity contribution in [2.45, 2.75) is 33.1 Å². The Kier molecular flexibility index (Phi) is 8.73. The minimum atomic E-state index is -0.384. The number of esters is 1. The van der Waals surface area contributed by atoms with E-state index in [4.69, 9.17) is 0 Å². The normalized spacial score (nSPS) is 11.5. The maximum atomic E-state index is 12.9. The highest BCUT2D eigenvalue weighted by Crippen LogP contribution is 2.18. The van der Waals surface area contributed by atoms with Crippen molar-refractivity contribution in [2.75, 3.05) is 12.4 Å². The van der Waals surface area contributed by atoms with Crippen LogP contribution < -0.4 is 0 Å². The first-order valence-electron chi connectivity index (χ1n) is 4.78. The molecular formula is C10H17FO2S. The predicted molar refractivity (Wildman–Crippen MR) is 57.8 cm³/mol. The van der Waals surface area contributed by atoms with E-state index in [2.05, 4.69) is 11.7 Å². The van der Waals surface area contributed by atoms with Gasteiger partial charge < -0.3 is 4.74 Å². The average molecular weight is 220 g/mol. The number of hydrogen-bond donors (Lipinski definition) is 0. The Labute approximate surface area is 88.9 Å². The summed E-state index contributed by atoms with van der Waals surface area (Å²) in [6.45, 7) is 3.44. The van der Waals surface area contributed by atoms with Gasteiger partial charge in [0.2, 0.25) is 0 Å². The summed E-state index contributed by atoms with van der Waals surface area (Å²) in [6.07, 6.45) is 4.58. The molecule has 0 aliphatic heterocycles. The molecule has 0 saturated heterocycles. The Bertz CT molecular complexity index is 193. The minimum Gasteiger partial charge on any atom is -0.462 e. The Balaban J connectivity index is 3.42. The predicted octanol–water partition coefficient (Wildman–Crippen LogP) is 3.28. The number of thioether (sulfide) groups is 1. The Morgan fingerprint density at radius 3 is 2.79 bits per heavy atom. The summed E-state index contributed by atoms with van der Waals surface area (Å²) < 4.78 is 17.5. The molecule has 0 radical (unpaired) electrons. The number of carbonyl (C=O) groups excluding carboxylic acids is 1. The average Bonchev–Trinajstić information content (AvgIpc) is 2.12. The maximum absolute atomic E-state index is 12.9. The van der Waals surface area contributed by atoms with Gasteiger partial charge in [0.1, 0.15) is 6.61 Å². The number of rotatable bonds is 7. The fraction of sp³-hybridized carbons (Fsp3) is 0.700. The van der Waals surface area contributed by atoms with Gasteiger partial charge in [0.15, 0.2) is 5.16 Å². The molecule has 2 nitrogen and oxygen atoms in total. The van der Waals surface area contributed by atoms with Gasteiger partial charge in [-0.1, -0.05) is 31.5 Å². The third kappa shape index (κ3) is 9.58. The first-order chi connectivity index (χ1) is 6.66. The van der Waals surface area contributed by atoms with E-state index in [-0.39, 0.29) is 17.7 Å². The van der Waals surface area contributed by atoms with Crippen LogP contribution >= 0.6 is 11.8 Å². The maximum Gasteiger partial charge on any atom is 0.302 e. The van der Waals surface area contributed by atoms with Gasteiger partial charge in [-0.2, -0.15) is 4.39 Å². The van der Waals surface area contributed by atoms with Crippen molar-refractivity contribution in [1.29, 1.82) is 0 Å². The van der Waals surface area contributed by atoms with E-state index in [1.165, 1.54) is 24.8 Å². The van der Waals surface area contributed by atoms with Crippen molar-refractivity contribution in [3.63, 3.8) is 0 Å². The highest BCUT2D eigenvalue weighted by atomic mass is 32.2. The van der Waals surface area contributed by atoms with E-state index in [1.807, 2.05) is 0 Å². The number of unbranched alkanes of at least 4 members (excludes halogenated alkanes) is 2. The van der Waals surface area contributed by atoms with Crippen molar-refractivity contribution in [2.24, 2.45) is 0 Å². The SMILES string of the molecule is CCCCCS/C(F)=C\COC(C)=O. The van der Waals surface area contributed by atoms with Crippen molar-refractivity contribution in [1.82, 2.24) is 0 Å². The molecule has 0 fully saturated rings. The van der Waals surface area contributed by atoms with E-state index < -0.39 is 0 Å². The van der Waals surface area contributed by atoms with Gasteiger partial charge in [0, 0.05) is 12.7 Å². The fourth-order valence-corrected chi connectivity index (χ4v) is 1.53. The van der Waals surface area contributed by atoms with Crippen LogP contribution in [-0.2, 0) is 9.53 Å². The molecule has 14 heavy (non-hydrogen) atoms. The highest BCUT2D eigenvalue weighted by molar-refractivity contribution is 8.02. The van der Waals surface area contributed by atoms with Crippen molar-refractivity contribution >= 4 is 17.7 Å². The van der Waals surface area contributed by atoms with Crippen LogP contribution in [0.15, 0.2) is 11.2 Å². The molecule has 0 aromatic rings. The van der Waals surface area contributed by atoms with Gasteiger partial charge in [0.25, 0.3) is 0 Å².